The Morgan fingerprint density at radius 3 is 2.71 bits per heavy atom. The van der Waals surface area contributed by atoms with E-state index in [1.54, 1.807) is 32.4 Å². The third-order valence-electron chi connectivity index (χ3n) is 1.96. The predicted molar refractivity (Wildman–Crippen MR) is 57.1 cm³/mol. The van der Waals surface area contributed by atoms with Crippen molar-refractivity contribution < 1.29 is 4.74 Å². The van der Waals surface area contributed by atoms with Gasteiger partial charge in [0.25, 0.3) is 0 Å². The normalized spacial score (nSPS) is 12.6. The van der Waals surface area contributed by atoms with Crippen molar-refractivity contribution in [2.45, 2.75) is 6.17 Å². The molecule has 1 rings (SSSR count). The second kappa shape index (κ2) is 5.17. The summed E-state index contributed by atoms with van der Waals surface area (Å²) in [4.78, 5) is 0. The van der Waals surface area contributed by atoms with Crippen molar-refractivity contribution >= 4 is 11.6 Å². The van der Waals surface area contributed by atoms with E-state index in [0.717, 1.165) is 11.3 Å². The second-order valence-electron chi connectivity index (χ2n) is 2.77. The molecule has 4 nitrogen and oxygen atoms in total. The number of halogens is 1. The number of hydrogen-bond donors (Lipinski definition) is 3. The van der Waals surface area contributed by atoms with E-state index in [9.17, 15) is 0 Å². The Bertz CT molecular complexity index is 302. The highest BCUT2D eigenvalue weighted by molar-refractivity contribution is 6.30. The number of hydrogen-bond acceptors (Lipinski definition) is 4. The Labute approximate surface area is 88.4 Å². The molecule has 0 spiro atoms. The van der Waals surface area contributed by atoms with E-state index in [1.165, 1.54) is 0 Å². The standard InChI is InChI=1S/C9H14ClN3O/c1-12-9(13-11)7-5-6(10)3-4-8(7)14-2/h3-5,9,12-13H,11H2,1-2H3. The molecule has 1 aromatic rings. The molecule has 0 aliphatic heterocycles. The first-order valence-electron chi connectivity index (χ1n) is 4.19. The molecular formula is C9H14ClN3O. The summed E-state index contributed by atoms with van der Waals surface area (Å²) in [6.45, 7) is 0. The number of methoxy groups -OCH3 is 1. The topological polar surface area (TPSA) is 59.3 Å². The van der Waals surface area contributed by atoms with Gasteiger partial charge in [-0.2, -0.15) is 0 Å². The van der Waals surface area contributed by atoms with Crippen LogP contribution >= 0.6 is 11.6 Å². The van der Waals surface area contributed by atoms with Gasteiger partial charge in [-0.15, -0.1) is 0 Å². The van der Waals surface area contributed by atoms with Crippen LogP contribution in [0.3, 0.4) is 0 Å². The van der Waals surface area contributed by atoms with Gasteiger partial charge in [-0.1, -0.05) is 11.6 Å². The molecule has 0 bridgehead atoms. The molecule has 0 heterocycles. The summed E-state index contributed by atoms with van der Waals surface area (Å²) in [5.74, 6) is 6.12. The van der Waals surface area contributed by atoms with Crippen LogP contribution in [0.25, 0.3) is 0 Å². The minimum atomic E-state index is -0.177. The number of nitrogens with two attached hydrogens (primary N) is 1. The maximum Gasteiger partial charge on any atom is 0.125 e. The van der Waals surface area contributed by atoms with Gasteiger partial charge in [-0.05, 0) is 25.2 Å². The summed E-state index contributed by atoms with van der Waals surface area (Å²) >= 11 is 5.88. The number of benzene rings is 1. The fraction of sp³-hybridized carbons (Fsp3) is 0.333. The lowest BCUT2D eigenvalue weighted by molar-refractivity contribution is 0.391. The molecule has 14 heavy (non-hydrogen) atoms. The van der Waals surface area contributed by atoms with Gasteiger partial charge in [0.15, 0.2) is 0 Å². The van der Waals surface area contributed by atoms with E-state index in [-0.39, 0.29) is 6.17 Å². The lowest BCUT2D eigenvalue weighted by Crippen LogP contribution is -2.36. The van der Waals surface area contributed by atoms with Gasteiger partial charge in [0.05, 0.1) is 13.3 Å². The van der Waals surface area contributed by atoms with Crippen LogP contribution in [0.2, 0.25) is 5.02 Å². The summed E-state index contributed by atoms with van der Waals surface area (Å²) < 4.78 is 5.19. The van der Waals surface area contributed by atoms with E-state index < -0.39 is 0 Å². The molecule has 4 N–H and O–H groups in total. The molecule has 0 radical (unpaired) electrons. The molecule has 1 aromatic carbocycles. The quantitative estimate of drug-likeness (QED) is 0.399. The SMILES string of the molecule is CNC(NN)c1cc(Cl)ccc1OC. The van der Waals surface area contributed by atoms with Crippen molar-refractivity contribution in [1.29, 1.82) is 0 Å². The maximum atomic E-state index is 5.88. The molecule has 1 unspecified atom stereocenters. The zero-order chi connectivity index (χ0) is 10.6. The van der Waals surface area contributed by atoms with Crippen LogP contribution in [0.5, 0.6) is 5.75 Å². The Morgan fingerprint density at radius 1 is 1.50 bits per heavy atom. The lowest BCUT2D eigenvalue weighted by Gasteiger charge is -2.18. The number of nitrogens with one attached hydrogen (secondary N) is 2. The van der Waals surface area contributed by atoms with Crippen LogP contribution in [0.4, 0.5) is 0 Å². The molecule has 5 heteroatoms. The highest BCUT2D eigenvalue weighted by Crippen LogP contribution is 2.26. The largest absolute Gasteiger partial charge is 0.496 e. The van der Waals surface area contributed by atoms with Gasteiger partial charge in [0.1, 0.15) is 5.75 Å². The van der Waals surface area contributed by atoms with Crippen LogP contribution in [0.1, 0.15) is 11.7 Å². The third-order valence-corrected chi connectivity index (χ3v) is 2.19. The van der Waals surface area contributed by atoms with Crippen molar-refractivity contribution in [3.63, 3.8) is 0 Å². The first kappa shape index (κ1) is 11.3. The average molecular weight is 216 g/mol. The van der Waals surface area contributed by atoms with Gasteiger partial charge in [-0.25, -0.2) is 5.43 Å². The van der Waals surface area contributed by atoms with Crippen molar-refractivity contribution in [3.05, 3.63) is 28.8 Å². The van der Waals surface area contributed by atoms with E-state index in [2.05, 4.69) is 10.7 Å². The number of hydrazine groups is 1. The van der Waals surface area contributed by atoms with Gasteiger partial charge >= 0.3 is 0 Å². The molecule has 0 amide bonds. The van der Waals surface area contributed by atoms with Crippen LogP contribution in [-0.2, 0) is 0 Å². The second-order valence-corrected chi connectivity index (χ2v) is 3.21. The highest BCUT2D eigenvalue weighted by atomic mass is 35.5. The van der Waals surface area contributed by atoms with Gasteiger partial charge in [0.2, 0.25) is 0 Å². The zero-order valence-corrected chi connectivity index (χ0v) is 8.93. The minimum absolute atomic E-state index is 0.177. The predicted octanol–water partition coefficient (Wildman–Crippen LogP) is 1.03. The summed E-state index contributed by atoms with van der Waals surface area (Å²) in [5.41, 5.74) is 3.50. The molecule has 1 atom stereocenters. The molecule has 0 aliphatic carbocycles. The van der Waals surface area contributed by atoms with E-state index in [0.29, 0.717) is 5.02 Å². The first-order chi connectivity index (χ1) is 6.72. The van der Waals surface area contributed by atoms with E-state index in [4.69, 9.17) is 22.2 Å². The van der Waals surface area contributed by atoms with Crippen molar-refractivity contribution in [2.24, 2.45) is 5.84 Å². The fourth-order valence-electron chi connectivity index (χ4n) is 1.26. The van der Waals surface area contributed by atoms with Gasteiger partial charge < -0.3 is 10.1 Å². The maximum absolute atomic E-state index is 5.88. The smallest absolute Gasteiger partial charge is 0.125 e. The van der Waals surface area contributed by atoms with E-state index in [1.807, 2.05) is 0 Å². The molecule has 0 aliphatic rings. The summed E-state index contributed by atoms with van der Waals surface area (Å²) in [6.07, 6.45) is -0.177. The summed E-state index contributed by atoms with van der Waals surface area (Å²) in [5, 5.41) is 3.64. The Balaban J connectivity index is 3.08. The Hall–Kier alpha value is -0.810. The van der Waals surface area contributed by atoms with Crippen molar-refractivity contribution in [1.82, 2.24) is 10.7 Å². The Kier molecular flexibility index (Phi) is 4.16. The first-order valence-corrected chi connectivity index (χ1v) is 4.57. The number of ether oxygens (including phenoxy) is 1. The third kappa shape index (κ3) is 2.36. The molecular weight excluding hydrogens is 202 g/mol. The molecule has 0 aromatic heterocycles. The Morgan fingerprint density at radius 2 is 2.21 bits per heavy atom. The molecule has 0 saturated carbocycles. The summed E-state index contributed by atoms with van der Waals surface area (Å²) in [6, 6.07) is 5.38. The van der Waals surface area contributed by atoms with Crippen LogP contribution in [0.15, 0.2) is 18.2 Å². The van der Waals surface area contributed by atoms with Crippen LogP contribution in [0, 0.1) is 0 Å². The molecule has 0 fully saturated rings. The molecule has 78 valence electrons. The van der Waals surface area contributed by atoms with E-state index >= 15 is 0 Å². The van der Waals surface area contributed by atoms with Crippen molar-refractivity contribution in [3.8, 4) is 5.75 Å². The average Bonchev–Trinajstić information content (AvgIpc) is 2.20. The fourth-order valence-corrected chi connectivity index (χ4v) is 1.44. The zero-order valence-electron chi connectivity index (χ0n) is 8.17. The van der Waals surface area contributed by atoms with Crippen LogP contribution in [-0.4, -0.2) is 14.2 Å². The minimum Gasteiger partial charge on any atom is -0.496 e. The number of rotatable bonds is 4. The van der Waals surface area contributed by atoms with Gasteiger partial charge in [0, 0.05) is 10.6 Å². The van der Waals surface area contributed by atoms with Gasteiger partial charge in [-0.3, -0.25) is 5.84 Å². The highest BCUT2D eigenvalue weighted by Gasteiger charge is 2.12. The monoisotopic (exact) mass is 215 g/mol. The van der Waals surface area contributed by atoms with Crippen molar-refractivity contribution in [2.75, 3.05) is 14.2 Å². The van der Waals surface area contributed by atoms with Crippen LogP contribution < -0.4 is 21.3 Å². The molecule has 0 saturated heterocycles. The summed E-state index contributed by atoms with van der Waals surface area (Å²) in [7, 11) is 3.40. The lowest BCUT2D eigenvalue weighted by atomic mass is 10.1.